The van der Waals surface area contributed by atoms with Crippen molar-refractivity contribution in [2.24, 2.45) is 10.9 Å². The van der Waals surface area contributed by atoms with E-state index in [9.17, 15) is 24.9 Å². The molecule has 1 fully saturated rings. The minimum absolute atomic E-state index is 0.0121. The molecule has 134 valence electrons. The van der Waals surface area contributed by atoms with Gasteiger partial charge in [-0.3, -0.25) is 15.2 Å². The van der Waals surface area contributed by atoms with Gasteiger partial charge in [-0.1, -0.05) is 0 Å². The highest BCUT2D eigenvalue weighted by Crippen LogP contribution is 2.36. The van der Waals surface area contributed by atoms with Crippen LogP contribution in [0.1, 0.15) is 26.7 Å². The van der Waals surface area contributed by atoms with Crippen molar-refractivity contribution in [1.82, 2.24) is 4.90 Å². The molecule has 9 heteroatoms. The Balaban J connectivity index is 2.08. The normalized spacial score (nSPS) is 29.2. The van der Waals surface area contributed by atoms with Crippen molar-refractivity contribution in [2.45, 2.75) is 49.3 Å². The zero-order valence-corrected chi connectivity index (χ0v) is 14.5. The molecule has 0 saturated carbocycles. The Morgan fingerprint density at radius 2 is 2.08 bits per heavy atom. The standard InChI is InChI=1S/C15H23N3O5S/c1-7(19)12(14(20)21)10-5-11(13(17-10)15(22)23)24-9-3-4-18(6-9)8(2)16/h7,9-12,16,19H,3-6H2,1-2H3,(H,20,21)(H,22,23)/t7-,9+,10-,11+,12-/m1/s1. The first-order valence-corrected chi connectivity index (χ1v) is 8.82. The lowest BCUT2D eigenvalue weighted by atomic mass is 9.93. The third-order valence-corrected chi connectivity index (χ3v) is 5.99. The van der Waals surface area contributed by atoms with Crippen molar-refractivity contribution in [2.75, 3.05) is 13.1 Å². The summed E-state index contributed by atoms with van der Waals surface area (Å²) in [6, 6.07) is -0.729. The lowest BCUT2D eigenvalue weighted by Crippen LogP contribution is -2.35. The molecule has 4 N–H and O–H groups in total. The smallest absolute Gasteiger partial charge is 0.350 e. The molecular formula is C15H23N3O5S. The fourth-order valence-electron chi connectivity index (χ4n) is 3.25. The maximum Gasteiger partial charge on any atom is 0.350 e. The van der Waals surface area contributed by atoms with E-state index in [0.29, 0.717) is 18.8 Å². The molecule has 0 aromatic rings. The van der Waals surface area contributed by atoms with Crippen molar-refractivity contribution in [3.05, 3.63) is 0 Å². The van der Waals surface area contributed by atoms with Crippen LogP contribution in [0.2, 0.25) is 0 Å². The molecule has 0 aliphatic carbocycles. The first-order chi connectivity index (χ1) is 11.2. The molecule has 0 amide bonds. The number of nitrogens with zero attached hydrogens (tertiary/aromatic N) is 2. The van der Waals surface area contributed by atoms with Crippen LogP contribution in [0.15, 0.2) is 4.99 Å². The summed E-state index contributed by atoms with van der Waals surface area (Å²) in [6.45, 7) is 4.57. The van der Waals surface area contributed by atoms with Crippen molar-refractivity contribution in [1.29, 1.82) is 5.41 Å². The van der Waals surface area contributed by atoms with E-state index in [1.165, 1.54) is 18.7 Å². The van der Waals surface area contributed by atoms with E-state index in [1.807, 2.05) is 4.90 Å². The number of rotatable bonds is 6. The van der Waals surface area contributed by atoms with Gasteiger partial charge in [-0.15, -0.1) is 11.8 Å². The number of carboxylic acids is 2. The molecular weight excluding hydrogens is 334 g/mol. The van der Waals surface area contributed by atoms with E-state index in [0.717, 1.165) is 13.0 Å². The van der Waals surface area contributed by atoms with E-state index in [1.54, 1.807) is 6.92 Å². The SMILES string of the molecule is CC(=N)N1CC[C@H](S[C@H]2C[C@H]([C@H](C(=O)O)[C@@H](C)O)N=C2C(=O)O)C1. The molecule has 8 nitrogen and oxygen atoms in total. The molecule has 24 heavy (non-hydrogen) atoms. The fraction of sp³-hybridized carbons (Fsp3) is 0.733. The Morgan fingerprint density at radius 1 is 1.42 bits per heavy atom. The second-order valence-corrected chi connectivity index (χ2v) is 7.80. The largest absolute Gasteiger partial charge is 0.481 e. The van der Waals surface area contributed by atoms with Crippen molar-refractivity contribution < 1.29 is 24.9 Å². The third kappa shape index (κ3) is 4.07. The summed E-state index contributed by atoms with van der Waals surface area (Å²) in [5.74, 6) is -2.91. The van der Waals surface area contributed by atoms with Gasteiger partial charge in [0.2, 0.25) is 0 Å². The van der Waals surface area contributed by atoms with Crippen molar-refractivity contribution in [3.8, 4) is 0 Å². The highest BCUT2D eigenvalue weighted by atomic mass is 32.2. The average Bonchev–Trinajstić information content (AvgIpc) is 3.06. The molecule has 0 bridgehead atoms. The predicted octanol–water partition coefficient (Wildman–Crippen LogP) is 0.539. The Morgan fingerprint density at radius 3 is 2.54 bits per heavy atom. The fourth-order valence-corrected chi connectivity index (χ4v) is 4.82. The van der Waals surface area contributed by atoms with E-state index in [-0.39, 0.29) is 16.2 Å². The highest BCUT2D eigenvalue weighted by Gasteiger charge is 2.42. The number of nitrogens with one attached hydrogen (secondary N) is 1. The third-order valence-electron chi connectivity index (χ3n) is 4.48. The zero-order valence-electron chi connectivity index (χ0n) is 13.7. The second kappa shape index (κ2) is 7.52. The molecule has 0 aromatic carbocycles. The molecule has 0 aromatic heterocycles. The summed E-state index contributed by atoms with van der Waals surface area (Å²) in [7, 11) is 0. The van der Waals surface area contributed by atoms with Crippen LogP contribution in [0.3, 0.4) is 0 Å². The monoisotopic (exact) mass is 357 g/mol. The minimum Gasteiger partial charge on any atom is -0.481 e. The van der Waals surface area contributed by atoms with Crippen LogP contribution in [0, 0.1) is 11.3 Å². The number of likely N-dealkylation sites (tertiary alicyclic amines) is 1. The zero-order chi connectivity index (χ0) is 18.0. The first-order valence-electron chi connectivity index (χ1n) is 7.88. The highest BCUT2D eigenvalue weighted by molar-refractivity contribution is 8.01. The number of hydrogen-bond donors (Lipinski definition) is 4. The van der Waals surface area contributed by atoms with E-state index < -0.39 is 30.0 Å². The van der Waals surface area contributed by atoms with Crippen LogP contribution >= 0.6 is 11.8 Å². The maximum atomic E-state index is 11.5. The maximum absolute atomic E-state index is 11.5. The van der Waals surface area contributed by atoms with Crippen LogP contribution in [-0.4, -0.2) is 79.4 Å². The molecule has 0 radical (unpaired) electrons. The quantitative estimate of drug-likeness (QED) is 0.402. The lowest BCUT2D eigenvalue weighted by Gasteiger charge is -2.21. The van der Waals surface area contributed by atoms with Crippen LogP contribution in [0.5, 0.6) is 0 Å². The van der Waals surface area contributed by atoms with Gasteiger partial charge >= 0.3 is 11.9 Å². The van der Waals surface area contributed by atoms with Gasteiger partial charge in [0.1, 0.15) is 11.6 Å². The number of thioether (sulfide) groups is 1. The van der Waals surface area contributed by atoms with Gasteiger partial charge in [0.25, 0.3) is 0 Å². The van der Waals surface area contributed by atoms with Gasteiger partial charge < -0.3 is 20.2 Å². The predicted molar refractivity (Wildman–Crippen MR) is 91.0 cm³/mol. The number of carbonyl (C=O) groups is 2. The Hall–Kier alpha value is -1.61. The molecule has 0 spiro atoms. The van der Waals surface area contributed by atoms with Gasteiger partial charge in [0, 0.05) is 18.3 Å². The summed E-state index contributed by atoms with van der Waals surface area (Å²) >= 11 is 1.49. The summed E-state index contributed by atoms with van der Waals surface area (Å²) in [5, 5.41) is 35.8. The summed E-state index contributed by atoms with van der Waals surface area (Å²) in [6.07, 6.45) is 0.0553. The topological polar surface area (TPSA) is 134 Å². The molecule has 1 saturated heterocycles. The number of aliphatic hydroxyl groups is 1. The number of carboxylic acid groups (broad SMARTS) is 2. The van der Waals surface area contributed by atoms with Crippen LogP contribution in [0.25, 0.3) is 0 Å². The van der Waals surface area contributed by atoms with Crippen molar-refractivity contribution in [3.63, 3.8) is 0 Å². The van der Waals surface area contributed by atoms with Gasteiger partial charge in [0.05, 0.1) is 23.2 Å². The Labute approximate surface area is 144 Å². The Bertz CT molecular complexity index is 565. The van der Waals surface area contributed by atoms with E-state index in [4.69, 9.17) is 5.41 Å². The number of aliphatic hydroxyl groups excluding tert-OH is 1. The molecule has 2 heterocycles. The summed E-state index contributed by atoms with van der Waals surface area (Å²) in [4.78, 5) is 28.9. The number of aliphatic carboxylic acids is 2. The van der Waals surface area contributed by atoms with Gasteiger partial charge in [-0.25, -0.2) is 4.79 Å². The molecule has 0 unspecified atom stereocenters. The molecule has 2 aliphatic rings. The molecule has 5 atom stereocenters. The van der Waals surface area contributed by atoms with Crippen LogP contribution in [0.4, 0.5) is 0 Å². The second-order valence-electron chi connectivity index (χ2n) is 6.29. The van der Waals surface area contributed by atoms with E-state index >= 15 is 0 Å². The van der Waals surface area contributed by atoms with E-state index in [2.05, 4.69) is 4.99 Å². The lowest BCUT2D eigenvalue weighted by molar-refractivity contribution is -0.146. The summed E-state index contributed by atoms with van der Waals surface area (Å²) in [5.41, 5.74) is -0.0121. The number of amidine groups is 1. The van der Waals surface area contributed by atoms with Crippen molar-refractivity contribution >= 4 is 35.2 Å². The minimum atomic E-state index is -1.17. The average molecular weight is 357 g/mol. The molecule has 2 rings (SSSR count). The van der Waals surface area contributed by atoms with Crippen LogP contribution in [-0.2, 0) is 9.59 Å². The van der Waals surface area contributed by atoms with Gasteiger partial charge in [0.15, 0.2) is 0 Å². The number of hydrogen-bond acceptors (Lipinski definition) is 6. The Kier molecular flexibility index (Phi) is 5.87. The van der Waals surface area contributed by atoms with Crippen LogP contribution < -0.4 is 0 Å². The summed E-state index contributed by atoms with van der Waals surface area (Å²) < 4.78 is 0. The first kappa shape index (κ1) is 18.7. The van der Waals surface area contributed by atoms with Gasteiger partial charge in [-0.05, 0) is 26.7 Å². The van der Waals surface area contributed by atoms with Gasteiger partial charge in [-0.2, -0.15) is 0 Å². The number of aliphatic imine (C=N–C) groups is 1. The molecule has 2 aliphatic heterocycles.